The summed E-state index contributed by atoms with van der Waals surface area (Å²) in [7, 11) is 2.10. The number of likely N-dealkylation sites (tertiary alicyclic amines) is 1. The fourth-order valence-corrected chi connectivity index (χ4v) is 3.51. The molecule has 1 fully saturated rings. The van der Waals surface area contributed by atoms with Crippen molar-refractivity contribution in [3.05, 3.63) is 59.2 Å². The lowest BCUT2D eigenvalue weighted by Crippen LogP contribution is -2.36. The van der Waals surface area contributed by atoms with E-state index in [1.807, 2.05) is 25.1 Å². The quantitative estimate of drug-likeness (QED) is 0.779. The average molecular weight is 392 g/mol. The van der Waals surface area contributed by atoms with Crippen molar-refractivity contribution in [1.29, 1.82) is 5.26 Å². The number of anilines is 1. The number of nitriles is 1. The molecule has 1 aliphatic heterocycles. The Labute approximate surface area is 171 Å². The molecule has 0 bridgehead atoms. The monoisotopic (exact) mass is 392 g/mol. The first-order chi connectivity index (χ1) is 14.0. The van der Waals surface area contributed by atoms with Crippen molar-refractivity contribution in [2.45, 2.75) is 38.3 Å². The van der Waals surface area contributed by atoms with Gasteiger partial charge in [0.1, 0.15) is 11.9 Å². The van der Waals surface area contributed by atoms with Crippen LogP contribution in [0.4, 0.5) is 5.69 Å². The first-order valence-electron chi connectivity index (χ1n) is 9.95. The Morgan fingerprint density at radius 1 is 1.28 bits per heavy atom. The maximum atomic E-state index is 11.9. The number of carboxylic acids is 1. The van der Waals surface area contributed by atoms with Crippen LogP contribution in [0.5, 0.6) is 5.75 Å². The largest absolute Gasteiger partial charge is 0.548 e. The molecule has 6 heteroatoms. The highest BCUT2D eigenvalue weighted by Crippen LogP contribution is 2.27. The number of aliphatic carboxylic acids is 1. The minimum atomic E-state index is -1.21. The third-order valence-corrected chi connectivity index (χ3v) is 5.26. The van der Waals surface area contributed by atoms with Crippen LogP contribution in [0.2, 0.25) is 0 Å². The van der Waals surface area contributed by atoms with Gasteiger partial charge >= 0.3 is 0 Å². The number of benzene rings is 2. The Hall–Kier alpha value is -3.04. The number of aryl methyl sites for hydroxylation is 1. The molecule has 0 spiro atoms. The Morgan fingerprint density at radius 2 is 1.97 bits per heavy atom. The molecule has 1 saturated heterocycles. The van der Waals surface area contributed by atoms with Gasteiger partial charge < -0.3 is 24.9 Å². The second-order valence-corrected chi connectivity index (χ2v) is 7.47. The highest BCUT2D eigenvalue weighted by Gasteiger charge is 2.20. The van der Waals surface area contributed by atoms with E-state index in [1.165, 1.54) is 0 Å². The molecule has 2 aromatic carbocycles. The van der Waals surface area contributed by atoms with E-state index in [0.29, 0.717) is 22.6 Å². The summed E-state index contributed by atoms with van der Waals surface area (Å²) in [5.74, 6) is -0.519. The first kappa shape index (κ1) is 20.7. The predicted molar refractivity (Wildman–Crippen MR) is 109 cm³/mol. The van der Waals surface area contributed by atoms with Crippen LogP contribution in [0, 0.1) is 11.3 Å². The van der Waals surface area contributed by atoms with Crippen molar-refractivity contribution >= 4 is 11.7 Å². The molecule has 152 valence electrons. The summed E-state index contributed by atoms with van der Waals surface area (Å²) in [4.78, 5) is 14.2. The molecular formula is C23H26N3O3-. The molecule has 0 saturated carbocycles. The molecule has 3 rings (SSSR count). The number of piperidine rings is 1. The van der Waals surface area contributed by atoms with Crippen LogP contribution in [-0.2, 0) is 11.2 Å². The lowest BCUT2D eigenvalue weighted by Gasteiger charge is -2.30. The standard InChI is InChI=1S/C23H27N3O3/c1-3-16-12-18(14-21(13-16)29-20-8-10-26(2)11-9-20)22(23(27)28)25-19-6-4-17(15-24)5-7-19/h4-7,12-14,20,22,25H,3,8-11H2,1-2H3,(H,27,28)/p-1. The van der Waals surface area contributed by atoms with Crippen LogP contribution in [0.1, 0.15) is 42.5 Å². The first-order valence-corrected chi connectivity index (χ1v) is 9.95. The molecule has 6 nitrogen and oxygen atoms in total. The van der Waals surface area contributed by atoms with Crippen LogP contribution in [0.15, 0.2) is 42.5 Å². The van der Waals surface area contributed by atoms with E-state index in [4.69, 9.17) is 10.00 Å². The lowest BCUT2D eigenvalue weighted by molar-refractivity contribution is -0.307. The van der Waals surface area contributed by atoms with E-state index >= 15 is 0 Å². The van der Waals surface area contributed by atoms with Gasteiger partial charge in [-0.15, -0.1) is 0 Å². The number of hydrogen-bond acceptors (Lipinski definition) is 6. The van der Waals surface area contributed by atoms with Gasteiger partial charge in [0.15, 0.2) is 0 Å². The second-order valence-electron chi connectivity index (χ2n) is 7.47. The number of nitrogens with zero attached hydrogens (tertiary/aromatic N) is 2. The number of rotatable bonds is 7. The maximum absolute atomic E-state index is 11.9. The topological polar surface area (TPSA) is 88.4 Å². The fraction of sp³-hybridized carbons (Fsp3) is 0.391. The summed E-state index contributed by atoms with van der Waals surface area (Å²) in [6.07, 6.45) is 2.82. The zero-order valence-corrected chi connectivity index (χ0v) is 16.9. The van der Waals surface area contributed by atoms with Gasteiger partial charge in [0.2, 0.25) is 0 Å². The lowest BCUT2D eigenvalue weighted by atomic mass is 10.0. The third-order valence-electron chi connectivity index (χ3n) is 5.26. The van der Waals surface area contributed by atoms with Gasteiger partial charge in [-0.3, -0.25) is 0 Å². The molecule has 1 unspecified atom stereocenters. The Bertz CT molecular complexity index is 881. The number of nitrogens with one attached hydrogen (secondary N) is 1. The van der Waals surface area contributed by atoms with Crippen LogP contribution in [-0.4, -0.2) is 37.1 Å². The highest BCUT2D eigenvalue weighted by atomic mass is 16.5. The Kier molecular flexibility index (Phi) is 6.73. The number of carbonyl (C=O) groups is 1. The zero-order chi connectivity index (χ0) is 20.8. The number of ether oxygens (including phenoxy) is 1. The summed E-state index contributed by atoms with van der Waals surface area (Å²) in [5.41, 5.74) is 2.73. The molecule has 2 aromatic rings. The van der Waals surface area contributed by atoms with Gasteiger partial charge in [0, 0.05) is 18.8 Å². The Balaban J connectivity index is 1.83. The molecule has 0 radical (unpaired) electrons. The predicted octanol–water partition coefficient (Wildman–Crippen LogP) is 2.50. The number of carbonyl (C=O) groups excluding carboxylic acids is 1. The van der Waals surface area contributed by atoms with E-state index in [2.05, 4.69) is 17.3 Å². The number of hydrogen-bond donors (Lipinski definition) is 1. The van der Waals surface area contributed by atoms with Crippen molar-refractivity contribution in [1.82, 2.24) is 4.90 Å². The van der Waals surface area contributed by atoms with Crippen LogP contribution >= 0.6 is 0 Å². The average Bonchev–Trinajstić information content (AvgIpc) is 2.73. The van der Waals surface area contributed by atoms with Crippen LogP contribution in [0.25, 0.3) is 0 Å². The Morgan fingerprint density at radius 3 is 2.55 bits per heavy atom. The molecule has 1 atom stereocenters. The fourth-order valence-electron chi connectivity index (χ4n) is 3.51. The summed E-state index contributed by atoms with van der Waals surface area (Å²) >= 11 is 0. The normalized spacial score (nSPS) is 16.0. The maximum Gasteiger partial charge on any atom is 0.120 e. The summed E-state index contributed by atoms with van der Waals surface area (Å²) in [6.45, 7) is 4.01. The van der Waals surface area contributed by atoms with Gasteiger partial charge in [-0.2, -0.15) is 5.26 Å². The van der Waals surface area contributed by atoms with Crippen LogP contribution < -0.4 is 15.2 Å². The van der Waals surface area contributed by atoms with Crippen molar-refractivity contribution in [3.8, 4) is 11.8 Å². The third kappa shape index (κ3) is 5.49. The van der Waals surface area contributed by atoms with E-state index in [9.17, 15) is 9.90 Å². The van der Waals surface area contributed by atoms with Crippen molar-refractivity contribution in [2.24, 2.45) is 0 Å². The molecular weight excluding hydrogens is 366 g/mol. The van der Waals surface area contributed by atoms with Gasteiger partial charge in [-0.1, -0.05) is 13.0 Å². The molecule has 1 heterocycles. The molecule has 29 heavy (non-hydrogen) atoms. The van der Waals surface area contributed by atoms with Crippen molar-refractivity contribution < 1.29 is 14.6 Å². The second kappa shape index (κ2) is 9.44. The van der Waals surface area contributed by atoms with Gasteiger partial charge in [0.25, 0.3) is 0 Å². The van der Waals surface area contributed by atoms with E-state index in [-0.39, 0.29) is 6.10 Å². The summed E-state index contributed by atoms with van der Waals surface area (Å²) < 4.78 is 6.19. The van der Waals surface area contributed by atoms with E-state index < -0.39 is 12.0 Å². The van der Waals surface area contributed by atoms with Gasteiger partial charge in [-0.25, -0.2) is 0 Å². The van der Waals surface area contributed by atoms with Gasteiger partial charge in [0.05, 0.1) is 23.6 Å². The molecule has 1 aliphatic rings. The smallest absolute Gasteiger partial charge is 0.120 e. The number of carboxylic acid groups (broad SMARTS) is 1. The minimum Gasteiger partial charge on any atom is -0.548 e. The minimum absolute atomic E-state index is 0.138. The molecule has 1 N–H and O–H groups in total. The van der Waals surface area contributed by atoms with Crippen molar-refractivity contribution in [3.63, 3.8) is 0 Å². The van der Waals surface area contributed by atoms with Gasteiger partial charge in [-0.05, 0) is 73.8 Å². The summed E-state index contributed by atoms with van der Waals surface area (Å²) in [5, 5.41) is 23.8. The molecule has 0 aromatic heterocycles. The van der Waals surface area contributed by atoms with Crippen LogP contribution in [0.3, 0.4) is 0 Å². The zero-order valence-electron chi connectivity index (χ0n) is 16.9. The molecule has 0 aliphatic carbocycles. The van der Waals surface area contributed by atoms with Crippen molar-refractivity contribution in [2.75, 3.05) is 25.5 Å². The van der Waals surface area contributed by atoms with E-state index in [0.717, 1.165) is 37.9 Å². The molecule has 0 amide bonds. The summed E-state index contributed by atoms with van der Waals surface area (Å²) in [6, 6.07) is 13.3. The highest BCUT2D eigenvalue weighted by molar-refractivity contribution is 5.78. The van der Waals surface area contributed by atoms with E-state index in [1.54, 1.807) is 30.3 Å². The SMILES string of the molecule is CCc1cc(OC2CCN(C)CC2)cc(C(Nc2ccc(C#N)cc2)C(=O)[O-])c1.